The van der Waals surface area contributed by atoms with E-state index in [1.54, 1.807) is 14.0 Å². The molecule has 0 saturated heterocycles. The van der Waals surface area contributed by atoms with Crippen molar-refractivity contribution in [2.24, 2.45) is 0 Å². The van der Waals surface area contributed by atoms with Gasteiger partial charge in [0.2, 0.25) is 0 Å². The van der Waals surface area contributed by atoms with Gasteiger partial charge in [-0.2, -0.15) is 0 Å². The minimum atomic E-state index is 0.0609. The summed E-state index contributed by atoms with van der Waals surface area (Å²) in [5.41, 5.74) is 4.96. The van der Waals surface area contributed by atoms with E-state index in [4.69, 9.17) is 4.74 Å². The van der Waals surface area contributed by atoms with E-state index in [9.17, 15) is 9.59 Å². The van der Waals surface area contributed by atoms with Crippen molar-refractivity contribution >= 4 is 33.4 Å². The summed E-state index contributed by atoms with van der Waals surface area (Å²) in [6.45, 7) is 4.92. The molecule has 0 spiro atoms. The molecule has 0 saturated carbocycles. The Morgan fingerprint density at radius 3 is 2.68 bits per heavy atom. The lowest BCUT2D eigenvalue weighted by Gasteiger charge is -2.17. The van der Waals surface area contributed by atoms with Gasteiger partial charge in [0.25, 0.3) is 0 Å². The molecule has 0 aliphatic heterocycles. The first-order valence-corrected chi connectivity index (χ1v) is 9.80. The van der Waals surface area contributed by atoms with Crippen molar-refractivity contribution in [2.75, 3.05) is 33.9 Å². The molecule has 28 heavy (non-hydrogen) atoms. The van der Waals surface area contributed by atoms with Crippen LogP contribution >= 0.6 is 0 Å². The number of fused-ring (bicyclic) bond motifs is 5. The summed E-state index contributed by atoms with van der Waals surface area (Å²) in [6.07, 6.45) is 1.36. The Hall–Kier alpha value is -2.50. The smallest absolute Gasteiger partial charge is 0.163 e. The lowest BCUT2D eigenvalue weighted by Crippen LogP contribution is -2.26. The molecule has 0 radical (unpaired) electrons. The van der Waals surface area contributed by atoms with E-state index in [0.29, 0.717) is 18.6 Å². The molecule has 146 valence electrons. The quantitative estimate of drug-likeness (QED) is 0.588. The standard InChI is InChI=1S/C23H26N2O3/c1-15(26)16-4-7-20-19(14-16)23-18-6-9-22(27)17(18)5-8-21(23)25(20)11-10-24(2)12-13-28-3/h4-5,7-8,14H,6,9-13H2,1-3H3. The highest BCUT2D eigenvalue weighted by Crippen LogP contribution is 2.37. The van der Waals surface area contributed by atoms with Crippen molar-refractivity contribution in [3.63, 3.8) is 0 Å². The van der Waals surface area contributed by atoms with Crippen LogP contribution in [0, 0.1) is 0 Å². The molecular formula is C23H26N2O3. The summed E-state index contributed by atoms with van der Waals surface area (Å²) < 4.78 is 7.49. The number of carbonyl (C=O) groups excluding carboxylic acids is 2. The lowest BCUT2D eigenvalue weighted by molar-refractivity contribution is 0.0991. The largest absolute Gasteiger partial charge is 0.383 e. The summed E-state index contributed by atoms with van der Waals surface area (Å²) >= 11 is 0. The summed E-state index contributed by atoms with van der Waals surface area (Å²) in [6, 6.07) is 9.99. The van der Waals surface area contributed by atoms with E-state index in [2.05, 4.69) is 22.6 Å². The lowest BCUT2D eigenvalue weighted by atomic mass is 10.0. The van der Waals surface area contributed by atoms with Gasteiger partial charge in [-0.1, -0.05) is 0 Å². The highest BCUT2D eigenvalue weighted by molar-refractivity contribution is 6.16. The van der Waals surface area contributed by atoms with Crippen LogP contribution in [0.1, 0.15) is 39.6 Å². The first-order valence-electron chi connectivity index (χ1n) is 9.80. The van der Waals surface area contributed by atoms with Crippen molar-refractivity contribution in [1.29, 1.82) is 0 Å². The maximum atomic E-state index is 12.3. The van der Waals surface area contributed by atoms with Gasteiger partial charge < -0.3 is 14.2 Å². The predicted octanol–water partition coefficient (Wildman–Crippen LogP) is 3.70. The molecule has 3 aromatic rings. The second-order valence-corrected chi connectivity index (χ2v) is 7.64. The molecule has 1 aliphatic carbocycles. The predicted molar refractivity (Wildman–Crippen MR) is 111 cm³/mol. The van der Waals surface area contributed by atoms with Crippen molar-refractivity contribution in [3.05, 3.63) is 47.0 Å². The van der Waals surface area contributed by atoms with E-state index < -0.39 is 0 Å². The zero-order chi connectivity index (χ0) is 19.8. The number of carbonyl (C=O) groups is 2. The Morgan fingerprint density at radius 2 is 1.93 bits per heavy atom. The zero-order valence-electron chi connectivity index (χ0n) is 16.7. The van der Waals surface area contributed by atoms with Crippen molar-refractivity contribution < 1.29 is 14.3 Å². The molecule has 2 aromatic carbocycles. The van der Waals surface area contributed by atoms with E-state index in [-0.39, 0.29) is 11.6 Å². The fourth-order valence-electron chi connectivity index (χ4n) is 4.25. The van der Waals surface area contributed by atoms with Crippen molar-refractivity contribution in [2.45, 2.75) is 26.3 Å². The second-order valence-electron chi connectivity index (χ2n) is 7.64. The topological polar surface area (TPSA) is 51.5 Å². The molecule has 0 fully saturated rings. The highest BCUT2D eigenvalue weighted by atomic mass is 16.5. The molecule has 1 heterocycles. The maximum Gasteiger partial charge on any atom is 0.163 e. The number of aromatic nitrogens is 1. The number of ether oxygens (including phenoxy) is 1. The Balaban J connectivity index is 1.86. The number of hydrogen-bond acceptors (Lipinski definition) is 4. The number of likely N-dealkylation sites (N-methyl/N-ethyl adjacent to an activating group) is 1. The van der Waals surface area contributed by atoms with Gasteiger partial charge >= 0.3 is 0 Å². The van der Waals surface area contributed by atoms with Crippen LogP contribution in [0.25, 0.3) is 21.8 Å². The first kappa shape index (κ1) is 18.8. The number of nitrogens with zero attached hydrogens (tertiary/aromatic N) is 2. The zero-order valence-corrected chi connectivity index (χ0v) is 16.7. The third kappa shape index (κ3) is 3.15. The van der Waals surface area contributed by atoms with Crippen molar-refractivity contribution in [1.82, 2.24) is 9.47 Å². The van der Waals surface area contributed by atoms with E-state index in [0.717, 1.165) is 59.0 Å². The van der Waals surface area contributed by atoms with Gasteiger partial charge in [-0.15, -0.1) is 0 Å². The minimum Gasteiger partial charge on any atom is -0.383 e. The van der Waals surface area contributed by atoms with Crippen LogP contribution in [0.3, 0.4) is 0 Å². The molecule has 0 unspecified atom stereocenters. The number of benzene rings is 2. The number of hydrogen-bond donors (Lipinski definition) is 0. The number of rotatable bonds is 7. The van der Waals surface area contributed by atoms with E-state index in [1.165, 1.54) is 0 Å². The number of methoxy groups -OCH3 is 1. The molecule has 5 heteroatoms. The van der Waals surface area contributed by atoms with Crippen LogP contribution in [-0.2, 0) is 17.7 Å². The van der Waals surface area contributed by atoms with Gasteiger partial charge in [0.05, 0.1) is 6.61 Å². The molecule has 4 rings (SSSR count). The molecular weight excluding hydrogens is 352 g/mol. The summed E-state index contributed by atoms with van der Waals surface area (Å²) in [5, 5.41) is 2.22. The fraction of sp³-hybridized carbons (Fsp3) is 0.391. The van der Waals surface area contributed by atoms with Gasteiger partial charge in [-0.3, -0.25) is 9.59 Å². The molecule has 0 atom stereocenters. The van der Waals surface area contributed by atoms with Crippen LogP contribution in [0.15, 0.2) is 30.3 Å². The van der Waals surface area contributed by atoms with Gasteiger partial charge in [-0.05, 0) is 56.3 Å². The van der Waals surface area contributed by atoms with Crippen LogP contribution in [0.4, 0.5) is 0 Å². The molecule has 1 aliphatic rings. The Bertz CT molecular complexity index is 1080. The Kier molecular flexibility index (Phi) is 5.04. The fourth-order valence-corrected chi connectivity index (χ4v) is 4.25. The summed E-state index contributed by atoms with van der Waals surface area (Å²) in [4.78, 5) is 26.5. The number of ketones is 2. The Morgan fingerprint density at radius 1 is 1.14 bits per heavy atom. The van der Waals surface area contributed by atoms with Gasteiger partial charge in [0.1, 0.15) is 0 Å². The molecule has 0 N–H and O–H groups in total. The first-order chi connectivity index (χ1) is 13.5. The average molecular weight is 378 g/mol. The summed E-state index contributed by atoms with van der Waals surface area (Å²) in [7, 11) is 3.81. The van der Waals surface area contributed by atoms with Crippen LogP contribution < -0.4 is 0 Å². The van der Waals surface area contributed by atoms with E-state index in [1.807, 2.05) is 24.3 Å². The molecule has 1 aromatic heterocycles. The Labute approximate surface area is 164 Å². The van der Waals surface area contributed by atoms with Gasteiger partial charge in [-0.25, -0.2) is 0 Å². The number of Topliss-reactive ketones (excluding diaryl/α,β-unsaturated/α-hetero) is 2. The van der Waals surface area contributed by atoms with Crippen LogP contribution in [0.2, 0.25) is 0 Å². The minimum absolute atomic E-state index is 0.0609. The van der Waals surface area contributed by atoms with Gasteiger partial charge in [0.15, 0.2) is 11.6 Å². The van der Waals surface area contributed by atoms with Crippen molar-refractivity contribution in [3.8, 4) is 0 Å². The average Bonchev–Trinajstić information content (AvgIpc) is 3.22. The monoisotopic (exact) mass is 378 g/mol. The van der Waals surface area contributed by atoms with Crippen LogP contribution in [-0.4, -0.2) is 54.9 Å². The molecule has 0 amide bonds. The highest BCUT2D eigenvalue weighted by Gasteiger charge is 2.25. The normalized spacial score (nSPS) is 13.8. The number of aryl methyl sites for hydroxylation is 1. The molecule has 5 nitrogen and oxygen atoms in total. The van der Waals surface area contributed by atoms with Crippen LogP contribution in [0.5, 0.6) is 0 Å². The second kappa shape index (κ2) is 7.49. The third-order valence-corrected chi connectivity index (χ3v) is 5.83. The third-order valence-electron chi connectivity index (χ3n) is 5.83. The molecule has 0 bridgehead atoms. The summed E-state index contributed by atoms with van der Waals surface area (Å²) in [5.74, 6) is 0.283. The van der Waals surface area contributed by atoms with Gasteiger partial charge in [0, 0.05) is 66.1 Å². The maximum absolute atomic E-state index is 12.3. The van der Waals surface area contributed by atoms with E-state index >= 15 is 0 Å². The SMILES string of the molecule is COCCN(C)CCn1c2ccc(C(C)=O)cc2c2c3c(ccc21)C(=O)CC3.